The lowest BCUT2D eigenvalue weighted by molar-refractivity contribution is -0.137. The number of hydrogen-bond donors (Lipinski definition) is 0. The molecule has 1 atom stereocenters. The highest BCUT2D eigenvalue weighted by Gasteiger charge is 2.30. The van der Waals surface area contributed by atoms with Gasteiger partial charge >= 0.3 is 0 Å². The second kappa shape index (κ2) is 8.21. The third-order valence-electron chi connectivity index (χ3n) is 4.80. The highest BCUT2D eigenvalue weighted by Crippen LogP contribution is 2.24. The molecule has 2 aliphatic heterocycles. The smallest absolute Gasteiger partial charge is 0.227 e. The summed E-state index contributed by atoms with van der Waals surface area (Å²) in [5.41, 5.74) is 0.927. The van der Waals surface area contributed by atoms with Crippen molar-refractivity contribution in [1.82, 2.24) is 9.80 Å². The summed E-state index contributed by atoms with van der Waals surface area (Å²) in [5.74, 6) is 2.44. The number of ether oxygens (including phenoxy) is 1. The van der Waals surface area contributed by atoms with Crippen LogP contribution >= 0.6 is 11.8 Å². The molecule has 0 N–H and O–H groups in total. The van der Waals surface area contributed by atoms with Crippen LogP contribution in [0.5, 0.6) is 5.75 Å². The van der Waals surface area contributed by atoms with Crippen LogP contribution in [0.1, 0.15) is 18.4 Å². The topological polar surface area (TPSA) is 32.8 Å². The number of amides is 1. The molecule has 1 unspecified atom stereocenters. The van der Waals surface area contributed by atoms with Crippen LogP contribution in [-0.2, 0) is 11.3 Å². The van der Waals surface area contributed by atoms with Gasteiger partial charge in [0.05, 0.1) is 13.0 Å². The van der Waals surface area contributed by atoms with E-state index < -0.39 is 0 Å². The molecule has 0 aromatic heterocycles. The molecule has 0 bridgehead atoms. The quantitative estimate of drug-likeness (QED) is 0.834. The van der Waals surface area contributed by atoms with Crippen molar-refractivity contribution in [2.75, 3.05) is 44.8 Å². The molecule has 0 saturated carbocycles. The number of piperidine rings is 1. The summed E-state index contributed by atoms with van der Waals surface area (Å²) in [5, 5.41) is 0. The molecule has 2 fully saturated rings. The predicted molar refractivity (Wildman–Crippen MR) is 94.9 cm³/mol. The third-order valence-corrected chi connectivity index (χ3v) is 5.74. The predicted octanol–water partition coefficient (Wildman–Crippen LogP) is 2.62. The van der Waals surface area contributed by atoms with Crippen LogP contribution in [0.2, 0.25) is 0 Å². The summed E-state index contributed by atoms with van der Waals surface area (Å²) in [7, 11) is 1.47. The van der Waals surface area contributed by atoms with Crippen molar-refractivity contribution in [2.24, 2.45) is 5.92 Å². The Labute approximate surface area is 147 Å². The average Bonchev–Trinajstić information content (AvgIpc) is 2.62. The molecule has 24 heavy (non-hydrogen) atoms. The normalized spacial score (nSPS) is 22.4. The maximum absolute atomic E-state index is 13.8. The van der Waals surface area contributed by atoms with Crippen molar-refractivity contribution in [3.05, 3.63) is 29.6 Å². The largest absolute Gasteiger partial charge is 0.494 e. The number of nitrogens with zero attached hydrogens (tertiary/aromatic N) is 2. The highest BCUT2D eigenvalue weighted by molar-refractivity contribution is 7.99. The monoisotopic (exact) mass is 352 g/mol. The van der Waals surface area contributed by atoms with Gasteiger partial charge in [-0.1, -0.05) is 6.07 Å². The first-order valence-corrected chi connectivity index (χ1v) is 9.74. The van der Waals surface area contributed by atoms with E-state index in [0.29, 0.717) is 12.5 Å². The van der Waals surface area contributed by atoms with Gasteiger partial charge in [0, 0.05) is 37.7 Å². The minimum Gasteiger partial charge on any atom is -0.494 e. The van der Waals surface area contributed by atoms with Crippen LogP contribution in [0.3, 0.4) is 0 Å². The molecule has 4 nitrogen and oxygen atoms in total. The fourth-order valence-corrected chi connectivity index (χ4v) is 4.41. The van der Waals surface area contributed by atoms with Crippen molar-refractivity contribution >= 4 is 17.7 Å². The zero-order valence-corrected chi connectivity index (χ0v) is 15.0. The summed E-state index contributed by atoms with van der Waals surface area (Å²) < 4.78 is 18.8. The lowest BCUT2D eigenvalue weighted by Gasteiger charge is -2.36. The Morgan fingerprint density at radius 3 is 2.83 bits per heavy atom. The number of thioether (sulfide) groups is 1. The van der Waals surface area contributed by atoms with Crippen LogP contribution in [0.4, 0.5) is 4.39 Å². The van der Waals surface area contributed by atoms with Gasteiger partial charge in [-0.15, -0.1) is 0 Å². The molecule has 3 rings (SSSR count). The van der Waals surface area contributed by atoms with E-state index in [4.69, 9.17) is 4.74 Å². The van der Waals surface area contributed by atoms with Gasteiger partial charge in [0.1, 0.15) is 0 Å². The van der Waals surface area contributed by atoms with E-state index in [1.807, 2.05) is 22.7 Å². The molecule has 1 aromatic carbocycles. The maximum atomic E-state index is 13.8. The van der Waals surface area contributed by atoms with Gasteiger partial charge in [-0.25, -0.2) is 4.39 Å². The van der Waals surface area contributed by atoms with E-state index in [9.17, 15) is 9.18 Å². The number of rotatable bonds is 4. The van der Waals surface area contributed by atoms with Gasteiger partial charge in [-0.2, -0.15) is 11.8 Å². The maximum Gasteiger partial charge on any atom is 0.227 e. The molecule has 2 saturated heterocycles. The molecule has 0 aliphatic carbocycles. The Bertz CT molecular complexity index is 578. The summed E-state index contributed by atoms with van der Waals surface area (Å²) >= 11 is 1.92. The van der Waals surface area contributed by atoms with Gasteiger partial charge in [-0.3, -0.25) is 9.69 Å². The van der Waals surface area contributed by atoms with E-state index in [1.165, 1.54) is 13.2 Å². The molecule has 2 heterocycles. The van der Waals surface area contributed by atoms with Crippen LogP contribution in [-0.4, -0.2) is 60.5 Å². The first-order valence-electron chi connectivity index (χ1n) is 8.58. The molecule has 6 heteroatoms. The molecule has 1 aromatic rings. The third kappa shape index (κ3) is 4.22. The molecule has 132 valence electrons. The van der Waals surface area contributed by atoms with Gasteiger partial charge in [0.2, 0.25) is 5.91 Å². The summed E-state index contributed by atoms with van der Waals surface area (Å²) in [6, 6.07) is 5.10. The fourth-order valence-electron chi connectivity index (χ4n) is 3.51. The number of halogens is 1. The van der Waals surface area contributed by atoms with E-state index in [2.05, 4.69) is 4.90 Å². The first kappa shape index (κ1) is 17.5. The fraction of sp³-hybridized carbons (Fsp3) is 0.611. The van der Waals surface area contributed by atoms with Crippen LogP contribution in [0, 0.1) is 11.7 Å². The number of methoxy groups -OCH3 is 1. The zero-order valence-electron chi connectivity index (χ0n) is 14.2. The average molecular weight is 352 g/mol. The van der Waals surface area contributed by atoms with Gasteiger partial charge in [0.15, 0.2) is 11.6 Å². The molecule has 1 amide bonds. The highest BCUT2D eigenvalue weighted by atomic mass is 32.2. The van der Waals surface area contributed by atoms with Crippen molar-refractivity contribution < 1.29 is 13.9 Å². The second-order valence-corrected chi connectivity index (χ2v) is 7.71. The lowest BCUT2D eigenvalue weighted by Crippen LogP contribution is -2.47. The SMILES string of the molecule is COc1ccc(CN2CCCC(C(=O)N3CCSCC3)C2)cc1F. The minimum atomic E-state index is -0.328. The van der Waals surface area contributed by atoms with E-state index in [0.717, 1.165) is 56.1 Å². The minimum absolute atomic E-state index is 0.0879. The molecule has 0 spiro atoms. The Kier molecular flexibility index (Phi) is 6.00. The number of likely N-dealkylation sites (tertiary alicyclic amines) is 1. The lowest BCUT2D eigenvalue weighted by atomic mass is 9.96. The number of hydrogen-bond acceptors (Lipinski definition) is 4. The molecule has 0 radical (unpaired) electrons. The van der Waals surface area contributed by atoms with Gasteiger partial charge in [0.25, 0.3) is 0 Å². The standard InChI is InChI=1S/C18H25FN2O2S/c1-23-17-5-4-14(11-16(17)19)12-20-6-2-3-15(13-20)18(22)21-7-9-24-10-8-21/h4-5,11,15H,2-3,6-10,12-13H2,1H3. The second-order valence-electron chi connectivity index (χ2n) is 6.48. The van der Waals surface area contributed by atoms with Crippen LogP contribution < -0.4 is 4.74 Å². The van der Waals surface area contributed by atoms with Crippen molar-refractivity contribution in [2.45, 2.75) is 19.4 Å². The number of carbonyl (C=O) groups is 1. The summed E-state index contributed by atoms with van der Waals surface area (Å²) in [6.45, 7) is 4.18. The van der Waals surface area contributed by atoms with Crippen molar-refractivity contribution in [3.8, 4) is 5.75 Å². The Morgan fingerprint density at radius 2 is 2.12 bits per heavy atom. The Hall–Kier alpha value is -1.27. The van der Waals surface area contributed by atoms with Gasteiger partial charge in [-0.05, 0) is 37.1 Å². The van der Waals surface area contributed by atoms with Crippen LogP contribution in [0.25, 0.3) is 0 Å². The van der Waals surface area contributed by atoms with E-state index >= 15 is 0 Å². The van der Waals surface area contributed by atoms with E-state index in [1.54, 1.807) is 6.07 Å². The zero-order chi connectivity index (χ0) is 16.9. The Balaban J connectivity index is 1.59. The number of carbonyl (C=O) groups excluding carboxylic acids is 1. The summed E-state index contributed by atoms with van der Waals surface area (Å²) in [6.07, 6.45) is 1.99. The molecule has 2 aliphatic rings. The van der Waals surface area contributed by atoms with Gasteiger partial charge < -0.3 is 9.64 Å². The summed E-state index contributed by atoms with van der Waals surface area (Å²) in [4.78, 5) is 17.0. The molecular formula is C18H25FN2O2S. The van der Waals surface area contributed by atoms with E-state index in [-0.39, 0.29) is 17.5 Å². The van der Waals surface area contributed by atoms with Crippen molar-refractivity contribution in [3.63, 3.8) is 0 Å². The number of benzene rings is 1. The van der Waals surface area contributed by atoms with Crippen molar-refractivity contribution in [1.29, 1.82) is 0 Å². The first-order chi connectivity index (χ1) is 11.7. The molecular weight excluding hydrogens is 327 g/mol. The van der Waals surface area contributed by atoms with Crippen LogP contribution in [0.15, 0.2) is 18.2 Å². The Morgan fingerprint density at radius 1 is 1.33 bits per heavy atom.